The van der Waals surface area contributed by atoms with Crippen LogP contribution in [0, 0.1) is 5.92 Å². The molecule has 2 rings (SSSR count). The third-order valence-corrected chi connectivity index (χ3v) is 4.07. The number of likely N-dealkylation sites (tertiary alicyclic amines) is 1. The van der Waals surface area contributed by atoms with Gasteiger partial charge in [0.2, 0.25) is 0 Å². The molecule has 0 aromatic heterocycles. The van der Waals surface area contributed by atoms with E-state index in [1.165, 1.54) is 0 Å². The number of benzene rings is 1. The highest BCUT2D eigenvalue weighted by molar-refractivity contribution is 6.30. The number of nitrogens with zero attached hydrogens (tertiary/aromatic N) is 2. The van der Waals surface area contributed by atoms with Gasteiger partial charge in [0.25, 0.3) is 0 Å². The lowest BCUT2D eigenvalue weighted by molar-refractivity contribution is -0.146. The second-order valence-electron chi connectivity index (χ2n) is 5.68. The maximum Gasteiger partial charge on any atom is 0.372 e. The number of piperidine rings is 1. The van der Waals surface area contributed by atoms with Crippen molar-refractivity contribution in [2.24, 2.45) is 11.1 Å². The van der Waals surface area contributed by atoms with Crippen LogP contribution in [0.1, 0.15) is 20.3 Å². The summed E-state index contributed by atoms with van der Waals surface area (Å²) in [5, 5.41) is 4.63. The lowest BCUT2D eigenvalue weighted by Gasteiger charge is -2.34. The average Bonchev–Trinajstić information content (AvgIpc) is 2.49. The summed E-state index contributed by atoms with van der Waals surface area (Å²) in [6, 6.07) is 7.19. The maximum atomic E-state index is 11.7. The molecule has 0 N–H and O–H groups in total. The van der Waals surface area contributed by atoms with Crippen LogP contribution in [0.4, 0.5) is 0 Å². The van der Waals surface area contributed by atoms with Crippen molar-refractivity contribution in [1.29, 1.82) is 0 Å². The van der Waals surface area contributed by atoms with E-state index in [1.54, 1.807) is 24.3 Å². The topological polar surface area (TPSA) is 51.1 Å². The average molecular weight is 325 g/mol. The molecule has 0 aliphatic carbocycles. The van der Waals surface area contributed by atoms with Crippen molar-refractivity contribution in [2.45, 2.75) is 26.3 Å². The molecular weight excluding hydrogens is 304 g/mol. The smallest absolute Gasteiger partial charge is 0.372 e. The first-order chi connectivity index (χ1) is 10.5. The number of halogens is 1. The van der Waals surface area contributed by atoms with Gasteiger partial charge in [-0.15, -0.1) is 0 Å². The predicted octanol–water partition coefficient (Wildman–Crippen LogP) is 2.98. The third kappa shape index (κ3) is 4.71. The first-order valence-electron chi connectivity index (χ1n) is 7.31. The van der Waals surface area contributed by atoms with E-state index in [1.807, 2.05) is 0 Å². The standard InChI is InChI=1S/C16H21ClN2O3/c1-11-9-19(3)12(2)8-15(11)18-22-16(20)10-21-14-6-4-13(17)5-7-14/h4-7,11-12H,8-10H2,1-3H3/b18-15+/t11-,12+/m1/s1. The first kappa shape index (κ1) is 16.8. The summed E-state index contributed by atoms with van der Waals surface area (Å²) in [6.07, 6.45) is 0.809. The van der Waals surface area contributed by atoms with Gasteiger partial charge in [-0.2, -0.15) is 0 Å². The van der Waals surface area contributed by atoms with Gasteiger partial charge >= 0.3 is 5.97 Å². The van der Waals surface area contributed by atoms with Crippen LogP contribution in [0.5, 0.6) is 5.75 Å². The Hall–Kier alpha value is -1.59. The van der Waals surface area contributed by atoms with E-state index in [4.69, 9.17) is 21.2 Å². The Labute approximate surface area is 135 Å². The van der Waals surface area contributed by atoms with E-state index in [2.05, 4.69) is 31.0 Å². The Kier molecular flexibility index (Phi) is 5.80. The number of carbonyl (C=O) groups is 1. The first-order valence-corrected chi connectivity index (χ1v) is 7.68. The fraction of sp³-hybridized carbons (Fsp3) is 0.500. The van der Waals surface area contributed by atoms with E-state index >= 15 is 0 Å². The molecule has 1 fully saturated rings. The van der Waals surface area contributed by atoms with Gasteiger partial charge < -0.3 is 14.5 Å². The minimum absolute atomic E-state index is 0.178. The van der Waals surface area contributed by atoms with Crippen LogP contribution in [-0.2, 0) is 9.63 Å². The lowest BCUT2D eigenvalue weighted by atomic mass is 9.93. The molecule has 1 heterocycles. The van der Waals surface area contributed by atoms with E-state index in [0.29, 0.717) is 16.8 Å². The van der Waals surface area contributed by atoms with Crippen molar-refractivity contribution in [2.75, 3.05) is 20.2 Å². The van der Waals surface area contributed by atoms with Crippen LogP contribution in [0.2, 0.25) is 5.02 Å². The molecule has 1 aromatic rings. The summed E-state index contributed by atoms with van der Waals surface area (Å²) in [4.78, 5) is 18.9. The molecule has 0 amide bonds. The number of rotatable bonds is 4. The number of hydrogen-bond acceptors (Lipinski definition) is 5. The number of hydrogen-bond donors (Lipinski definition) is 0. The van der Waals surface area contributed by atoms with Crippen molar-refractivity contribution in [1.82, 2.24) is 4.90 Å². The molecule has 1 saturated heterocycles. The highest BCUT2D eigenvalue weighted by atomic mass is 35.5. The molecule has 2 atom stereocenters. The number of oxime groups is 1. The molecule has 6 heteroatoms. The molecule has 1 aliphatic heterocycles. The van der Waals surface area contributed by atoms with Crippen molar-refractivity contribution in [3.8, 4) is 5.75 Å². The van der Waals surface area contributed by atoms with Gasteiger partial charge in [-0.25, -0.2) is 4.79 Å². The molecule has 0 spiro atoms. The van der Waals surface area contributed by atoms with Crippen LogP contribution in [0.15, 0.2) is 29.4 Å². The largest absolute Gasteiger partial charge is 0.482 e. The Balaban J connectivity index is 1.81. The summed E-state index contributed by atoms with van der Waals surface area (Å²) < 4.78 is 5.32. The fourth-order valence-electron chi connectivity index (χ4n) is 2.31. The van der Waals surface area contributed by atoms with Crippen LogP contribution in [0.25, 0.3) is 0 Å². The van der Waals surface area contributed by atoms with Crippen LogP contribution in [0.3, 0.4) is 0 Å². The zero-order valence-corrected chi connectivity index (χ0v) is 13.8. The lowest BCUT2D eigenvalue weighted by Crippen LogP contribution is -2.43. The van der Waals surface area contributed by atoms with Gasteiger partial charge in [0.05, 0.1) is 5.71 Å². The summed E-state index contributed by atoms with van der Waals surface area (Å²) in [7, 11) is 2.09. The molecule has 0 bridgehead atoms. The number of carbonyl (C=O) groups excluding carboxylic acids is 1. The Bertz CT molecular complexity index is 545. The van der Waals surface area contributed by atoms with Gasteiger partial charge in [-0.3, -0.25) is 0 Å². The second kappa shape index (κ2) is 7.61. The summed E-state index contributed by atoms with van der Waals surface area (Å²) in [5.41, 5.74) is 0.922. The van der Waals surface area contributed by atoms with Crippen molar-refractivity contribution < 1.29 is 14.4 Å². The minimum Gasteiger partial charge on any atom is -0.482 e. The van der Waals surface area contributed by atoms with E-state index in [-0.39, 0.29) is 12.5 Å². The molecule has 0 unspecified atom stereocenters. The summed E-state index contributed by atoms with van der Waals surface area (Å²) in [6.45, 7) is 4.95. The van der Waals surface area contributed by atoms with E-state index in [0.717, 1.165) is 18.7 Å². The summed E-state index contributed by atoms with van der Waals surface area (Å²) in [5.74, 6) is 0.336. The molecule has 5 nitrogen and oxygen atoms in total. The molecule has 22 heavy (non-hydrogen) atoms. The normalized spacial score (nSPS) is 24.3. The van der Waals surface area contributed by atoms with Gasteiger partial charge in [0, 0.05) is 29.9 Å². The van der Waals surface area contributed by atoms with E-state index < -0.39 is 5.97 Å². The molecule has 0 radical (unpaired) electrons. The SMILES string of the molecule is C[C@@H]1CN(C)[C@@H](C)C/C1=N\OC(=O)COc1ccc(Cl)cc1. The molecule has 1 aromatic carbocycles. The molecule has 120 valence electrons. The monoisotopic (exact) mass is 324 g/mol. The highest BCUT2D eigenvalue weighted by Crippen LogP contribution is 2.18. The number of ether oxygens (including phenoxy) is 1. The van der Waals surface area contributed by atoms with Crippen molar-refractivity contribution in [3.63, 3.8) is 0 Å². The summed E-state index contributed by atoms with van der Waals surface area (Å²) >= 11 is 5.78. The zero-order valence-electron chi connectivity index (χ0n) is 13.1. The van der Waals surface area contributed by atoms with Gasteiger partial charge in [0.1, 0.15) is 5.75 Å². The Morgan fingerprint density at radius 1 is 1.36 bits per heavy atom. The van der Waals surface area contributed by atoms with Crippen LogP contribution < -0.4 is 4.74 Å². The highest BCUT2D eigenvalue weighted by Gasteiger charge is 2.26. The molecule has 1 aliphatic rings. The quantitative estimate of drug-likeness (QED) is 0.631. The predicted molar refractivity (Wildman–Crippen MR) is 86.3 cm³/mol. The maximum absolute atomic E-state index is 11.7. The van der Waals surface area contributed by atoms with Crippen molar-refractivity contribution in [3.05, 3.63) is 29.3 Å². The van der Waals surface area contributed by atoms with Gasteiger partial charge in [-0.1, -0.05) is 23.7 Å². The zero-order chi connectivity index (χ0) is 16.1. The second-order valence-corrected chi connectivity index (χ2v) is 6.12. The van der Waals surface area contributed by atoms with Gasteiger partial charge in [0.15, 0.2) is 6.61 Å². The van der Waals surface area contributed by atoms with Crippen LogP contribution >= 0.6 is 11.6 Å². The Morgan fingerprint density at radius 3 is 2.73 bits per heavy atom. The minimum atomic E-state index is -0.513. The van der Waals surface area contributed by atoms with Gasteiger partial charge in [-0.05, 0) is 38.2 Å². The fourth-order valence-corrected chi connectivity index (χ4v) is 2.44. The van der Waals surface area contributed by atoms with E-state index in [9.17, 15) is 4.79 Å². The third-order valence-electron chi connectivity index (χ3n) is 3.82. The molecule has 0 saturated carbocycles. The molecular formula is C16H21ClN2O3. The van der Waals surface area contributed by atoms with Crippen LogP contribution in [-0.4, -0.2) is 42.8 Å². The van der Waals surface area contributed by atoms with Crippen molar-refractivity contribution >= 4 is 23.3 Å². The Morgan fingerprint density at radius 2 is 2.05 bits per heavy atom.